The van der Waals surface area contributed by atoms with Gasteiger partial charge in [0, 0.05) is 11.1 Å². The predicted octanol–water partition coefficient (Wildman–Crippen LogP) is 2.53. The van der Waals surface area contributed by atoms with E-state index in [2.05, 4.69) is 0 Å². The maximum atomic E-state index is 11.8. The number of benzene rings is 1. The number of aliphatic carboxylic acids is 1. The number of halogens is 1. The molecule has 0 radical (unpaired) electrons. The molecule has 0 saturated carbocycles. The van der Waals surface area contributed by atoms with Crippen LogP contribution < -0.4 is 0 Å². The quantitative estimate of drug-likeness (QED) is 0.815. The molecule has 2 rings (SSSR count). The van der Waals surface area contributed by atoms with Crippen molar-refractivity contribution in [1.29, 1.82) is 0 Å². The molecule has 0 aromatic heterocycles. The van der Waals surface area contributed by atoms with Crippen LogP contribution in [0.15, 0.2) is 17.2 Å². The van der Waals surface area contributed by atoms with Crippen LogP contribution in [0.1, 0.15) is 27.0 Å². The molecule has 1 aliphatic rings. The number of carbonyl (C=O) groups excluding carboxylic acids is 1. The maximum Gasteiger partial charge on any atom is 0.337 e. The normalized spacial score (nSPS) is 14.3. The van der Waals surface area contributed by atoms with Crippen LogP contribution >= 0.6 is 11.6 Å². The molecule has 1 aromatic rings. The van der Waals surface area contributed by atoms with Crippen molar-refractivity contribution in [3.05, 3.63) is 39.4 Å². The lowest BCUT2D eigenvalue weighted by Gasteiger charge is -2.05. The highest BCUT2D eigenvalue weighted by atomic mass is 35.5. The first-order valence-corrected chi connectivity index (χ1v) is 5.10. The maximum absolute atomic E-state index is 11.8. The minimum Gasteiger partial charge on any atom is -0.478 e. The van der Waals surface area contributed by atoms with Crippen molar-refractivity contribution in [3.63, 3.8) is 0 Å². The largest absolute Gasteiger partial charge is 0.478 e. The molecule has 3 nitrogen and oxygen atoms in total. The molecule has 0 aliphatic heterocycles. The Kier molecular flexibility index (Phi) is 2.35. The molecule has 0 fully saturated rings. The van der Waals surface area contributed by atoms with E-state index in [9.17, 15) is 9.59 Å². The van der Waals surface area contributed by atoms with Crippen LogP contribution in [0.25, 0.3) is 5.57 Å². The molecule has 16 heavy (non-hydrogen) atoms. The third-order valence-corrected chi connectivity index (χ3v) is 2.97. The van der Waals surface area contributed by atoms with E-state index in [0.29, 0.717) is 11.1 Å². The Morgan fingerprint density at radius 2 is 1.94 bits per heavy atom. The van der Waals surface area contributed by atoms with E-state index in [0.717, 1.165) is 11.1 Å². The highest BCUT2D eigenvalue weighted by Gasteiger charge is 2.33. The Morgan fingerprint density at radius 3 is 2.50 bits per heavy atom. The highest BCUT2D eigenvalue weighted by Crippen LogP contribution is 2.37. The molecule has 0 spiro atoms. The van der Waals surface area contributed by atoms with Gasteiger partial charge in [-0.05, 0) is 19.4 Å². The number of Topliss-reactive ketones (excluding diaryl/α,β-unsaturated/α-hetero) is 1. The molecule has 0 saturated heterocycles. The van der Waals surface area contributed by atoms with E-state index in [-0.39, 0.29) is 10.6 Å². The number of aryl methyl sites for hydroxylation is 2. The van der Waals surface area contributed by atoms with E-state index < -0.39 is 11.8 Å². The molecule has 82 valence electrons. The molecular formula is C12H9ClO3. The smallest absolute Gasteiger partial charge is 0.337 e. The van der Waals surface area contributed by atoms with Crippen molar-refractivity contribution in [2.24, 2.45) is 0 Å². The molecule has 0 atom stereocenters. The van der Waals surface area contributed by atoms with E-state index in [1.54, 1.807) is 13.0 Å². The minimum atomic E-state index is -1.16. The summed E-state index contributed by atoms with van der Waals surface area (Å²) >= 11 is 5.76. The van der Waals surface area contributed by atoms with Crippen LogP contribution in [0.2, 0.25) is 0 Å². The lowest BCUT2D eigenvalue weighted by Crippen LogP contribution is -2.00. The van der Waals surface area contributed by atoms with Gasteiger partial charge >= 0.3 is 5.97 Å². The van der Waals surface area contributed by atoms with E-state index in [1.165, 1.54) is 0 Å². The average molecular weight is 237 g/mol. The zero-order valence-electron chi connectivity index (χ0n) is 8.80. The van der Waals surface area contributed by atoms with Gasteiger partial charge in [0.25, 0.3) is 0 Å². The average Bonchev–Trinajstić information content (AvgIpc) is 2.38. The number of carbonyl (C=O) groups is 2. The molecular weight excluding hydrogens is 228 g/mol. The fourth-order valence-electron chi connectivity index (χ4n) is 2.02. The summed E-state index contributed by atoms with van der Waals surface area (Å²) in [5.41, 5.74) is 2.42. The van der Waals surface area contributed by atoms with Crippen LogP contribution in [-0.2, 0) is 4.79 Å². The molecule has 1 N–H and O–H groups in total. The van der Waals surface area contributed by atoms with Gasteiger partial charge in [0.1, 0.15) is 5.03 Å². The molecule has 4 heteroatoms. The van der Waals surface area contributed by atoms with E-state index >= 15 is 0 Å². The first-order chi connectivity index (χ1) is 7.43. The number of hydrogen-bond acceptors (Lipinski definition) is 2. The van der Waals surface area contributed by atoms with Crippen LogP contribution in [0.3, 0.4) is 0 Å². The van der Waals surface area contributed by atoms with Crippen molar-refractivity contribution in [1.82, 2.24) is 0 Å². The van der Waals surface area contributed by atoms with Gasteiger partial charge in [-0.25, -0.2) is 4.79 Å². The second kappa shape index (κ2) is 3.46. The molecule has 1 aromatic carbocycles. The Labute approximate surface area is 97.3 Å². The molecule has 1 aliphatic carbocycles. The standard InChI is InChI=1S/C12H9ClO3/c1-5-3-6(2)8-7(4-5)9(12(15)16)10(13)11(8)14/h3-4H,1-2H3,(H,15,16). The Bertz CT molecular complexity index is 556. The molecule has 0 heterocycles. The Morgan fingerprint density at radius 1 is 1.31 bits per heavy atom. The number of hydrogen-bond donors (Lipinski definition) is 1. The van der Waals surface area contributed by atoms with Crippen LogP contribution in [0.4, 0.5) is 0 Å². The number of allylic oxidation sites excluding steroid dienone is 1. The summed E-state index contributed by atoms with van der Waals surface area (Å²) in [5.74, 6) is -1.56. The Balaban J connectivity index is 2.81. The SMILES string of the molecule is Cc1cc(C)c2c(c1)C(C(=O)O)=C(Cl)C2=O. The minimum absolute atomic E-state index is 0.0894. The van der Waals surface area contributed by atoms with Gasteiger partial charge in [-0.1, -0.05) is 29.3 Å². The Hall–Kier alpha value is -1.61. The van der Waals surface area contributed by atoms with Gasteiger partial charge < -0.3 is 5.11 Å². The zero-order chi connectivity index (χ0) is 12.0. The van der Waals surface area contributed by atoms with Gasteiger partial charge in [0.05, 0.1) is 5.57 Å². The van der Waals surface area contributed by atoms with Crippen LogP contribution in [0.5, 0.6) is 0 Å². The number of rotatable bonds is 1. The molecule has 0 bridgehead atoms. The summed E-state index contributed by atoms with van der Waals surface area (Å²) in [5, 5.41) is 8.84. The van der Waals surface area contributed by atoms with Gasteiger partial charge in [-0.2, -0.15) is 0 Å². The van der Waals surface area contributed by atoms with Crippen molar-refractivity contribution in [2.45, 2.75) is 13.8 Å². The second-order valence-corrected chi connectivity index (χ2v) is 4.21. The summed E-state index contributed by atoms with van der Waals surface area (Å²) in [7, 11) is 0. The third kappa shape index (κ3) is 1.36. The predicted molar refractivity (Wildman–Crippen MR) is 60.7 cm³/mol. The number of carboxylic acid groups (broad SMARTS) is 1. The van der Waals surface area contributed by atoms with Gasteiger partial charge in [-0.15, -0.1) is 0 Å². The lowest BCUT2D eigenvalue weighted by atomic mass is 9.98. The van der Waals surface area contributed by atoms with Gasteiger partial charge in [-0.3, -0.25) is 4.79 Å². The van der Waals surface area contributed by atoms with Crippen LogP contribution in [0, 0.1) is 13.8 Å². The third-order valence-electron chi connectivity index (χ3n) is 2.61. The zero-order valence-corrected chi connectivity index (χ0v) is 9.55. The van der Waals surface area contributed by atoms with Crippen molar-refractivity contribution in [3.8, 4) is 0 Å². The summed E-state index contributed by atoms with van der Waals surface area (Å²) in [4.78, 5) is 22.8. The highest BCUT2D eigenvalue weighted by molar-refractivity contribution is 6.55. The van der Waals surface area contributed by atoms with E-state index in [4.69, 9.17) is 16.7 Å². The lowest BCUT2D eigenvalue weighted by molar-refractivity contribution is -0.130. The number of ketones is 1. The van der Waals surface area contributed by atoms with Crippen molar-refractivity contribution < 1.29 is 14.7 Å². The summed E-state index contributed by atoms with van der Waals surface area (Å²) in [6.07, 6.45) is 0. The monoisotopic (exact) mass is 236 g/mol. The topological polar surface area (TPSA) is 54.4 Å². The first-order valence-electron chi connectivity index (χ1n) is 4.73. The number of carboxylic acids is 1. The fourth-order valence-corrected chi connectivity index (χ4v) is 2.29. The van der Waals surface area contributed by atoms with Gasteiger partial charge in [0.2, 0.25) is 5.78 Å². The summed E-state index contributed by atoms with van der Waals surface area (Å²) in [6, 6.07) is 3.52. The van der Waals surface area contributed by atoms with Crippen LogP contribution in [-0.4, -0.2) is 16.9 Å². The molecule has 0 amide bonds. The summed E-state index contributed by atoms with van der Waals surface area (Å²) in [6.45, 7) is 3.63. The van der Waals surface area contributed by atoms with Gasteiger partial charge in [0.15, 0.2) is 0 Å². The molecule has 0 unspecified atom stereocenters. The van der Waals surface area contributed by atoms with Crippen molar-refractivity contribution >= 4 is 28.9 Å². The number of fused-ring (bicyclic) bond motifs is 1. The summed E-state index contributed by atoms with van der Waals surface area (Å²) < 4.78 is 0. The van der Waals surface area contributed by atoms with Crippen molar-refractivity contribution in [2.75, 3.05) is 0 Å². The first kappa shape index (κ1) is 10.9. The second-order valence-electron chi connectivity index (χ2n) is 3.83. The van der Waals surface area contributed by atoms with E-state index in [1.807, 2.05) is 13.0 Å². The fraction of sp³-hybridized carbons (Fsp3) is 0.167.